The van der Waals surface area contributed by atoms with Gasteiger partial charge in [0.15, 0.2) is 0 Å². The summed E-state index contributed by atoms with van der Waals surface area (Å²) in [5.41, 5.74) is 2.45. The second-order valence-corrected chi connectivity index (χ2v) is 8.06. The van der Waals surface area contributed by atoms with Crippen LogP contribution in [0, 0.1) is 5.41 Å². The number of pyridine rings is 1. The second-order valence-electron chi connectivity index (χ2n) is 8.06. The second kappa shape index (κ2) is 7.79. The first kappa shape index (κ1) is 18.1. The Hall–Kier alpha value is -2.24. The van der Waals surface area contributed by atoms with E-state index in [2.05, 4.69) is 29.1 Å². The van der Waals surface area contributed by atoms with Crippen molar-refractivity contribution in [3.05, 3.63) is 66.0 Å². The molecule has 4 rings (SSSR count). The van der Waals surface area contributed by atoms with Crippen LogP contribution in [0.4, 0.5) is 0 Å². The van der Waals surface area contributed by atoms with Gasteiger partial charge in [-0.3, -0.25) is 9.78 Å². The number of hydrogen-bond acceptors (Lipinski definition) is 4. The Morgan fingerprint density at radius 2 is 1.93 bits per heavy atom. The molecular formula is C22H27N3O2. The number of carbonyl (C=O) groups excluding carboxylic acids is 1. The lowest BCUT2D eigenvalue weighted by Crippen LogP contribution is -2.59. The molecule has 2 aliphatic rings. The van der Waals surface area contributed by atoms with Gasteiger partial charge in [0, 0.05) is 43.5 Å². The Kier molecular flexibility index (Phi) is 5.23. The van der Waals surface area contributed by atoms with Crippen LogP contribution in [0.2, 0.25) is 0 Å². The summed E-state index contributed by atoms with van der Waals surface area (Å²) in [7, 11) is 2.17. The minimum Gasteiger partial charge on any atom is -0.375 e. The molecule has 1 aromatic carbocycles. The molecule has 142 valence electrons. The van der Waals surface area contributed by atoms with Crippen LogP contribution >= 0.6 is 0 Å². The topological polar surface area (TPSA) is 45.7 Å². The van der Waals surface area contributed by atoms with Crippen molar-refractivity contribution < 1.29 is 9.53 Å². The van der Waals surface area contributed by atoms with E-state index in [-0.39, 0.29) is 11.3 Å². The average Bonchev–Trinajstić information content (AvgIpc) is 2.99. The van der Waals surface area contributed by atoms with Crippen LogP contribution in [0.3, 0.4) is 0 Å². The van der Waals surface area contributed by atoms with Gasteiger partial charge in [0.25, 0.3) is 0 Å². The first-order valence-corrected chi connectivity index (χ1v) is 9.62. The number of likely N-dealkylation sites (tertiary alicyclic amines) is 2. The van der Waals surface area contributed by atoms with Crippen LogP contribution in [0.1, 0.15) is 17.5 Å². The highest BCUT2D eigenvalue weighted by Crippen LogP contribution is 2.42. The lowest BCUT2D eigenvalue weighted by molar-refractivity contribution is -0.141. The first-order valence-electron chi connectivity index (χ1n) is 9.62. The highest BCUT2D eigenvalue weighted by molar-refractivity contribution is 5.79. The molecule has 2 aliphatic heterocycles. The van der Waals surface area contributed by atoms with Crippen molar-refractivity contribution in [2.24, 2.45) is 5.41 Å². The van der Waals surface area contributed by atoms with Gasteiger partial charge in [-0.2, -0.15) is 0 Å². The van der Waals surface area contributed by atoms with Crippen molar-refractivity contribution in [1.29, 1.82) is 0 Å². The summed E-state index contributed by atoms with van der Waals surface area (Å²) in [6.07, 6.45) is 5.07. The van der Waals surface area contributed by atoms with E-state index in [1.807, 2.05) is 35.2 Å². The van der Waals surface area contributed by atoms with Crippen LogP contribution in [-0.2, 0) is 22.6 Å². The largest absolute Gasteiger partial charge is 0.375 e. The lowest BCUT2D eigenvalue weighted by atomic mass is 9.77. The number of nitrogens with zero attached hydrogens (tertiary/aromatic N) is 3. The monoisotopic (exact) mass is 365 g/mol. The normalized spacial score (nSPS) is 21.4. The number of amides is 1. The Morgan fingerprint density at radius 3 is 2.67 bits per heavy atom. The third kappa shape index (κ3) is 4.20. The molecule has 5 nitrogen and oxygen atoms in total. The number of carbonyl (C=O) groups is 1. The summed E-state index contributed by atoms with van der Waals surface area (Å²) in [6, 6.07) is 14.6. The molecule has 2 fully saturated rings. The van der Waals surface area contributed by atoms with Crippen LogP contribution in [-0.4, -0.2) is 60.0 Å². The van der Waals surface area contributed by atoms with Gasteiger partial charge in [-0.1, -0.05) is 36.4 Å². The van der Waals surface area contributed by atoms with Gasteiger partial charge in [-0.25, -0.2) is 0 Å². The van der Waals surface area contributed by atoms with E-state index in [0.29, 0.717) is 19.1 Å². The highest BCUT2D eigenvalue weighted by Gasteiger charge is 2.51. The van der Waals surface area contributed by atoms with Crippen molar-refractivity contribution >= 4 is 5.91 Å². The molecule has 1 atom stereocenters. The van der Waals surface area contributed by atoms with E-state index in [0.717, 1.165) is 38.2 Å². The molecule has 2 aromatic rings. The van der Waals surface area contributed by atoms with E-state index in [1.165, 1.54) is 5.56 Å². The minimum absolute atomic E-state index is 0.208. The van der Waals surface area contributed by atoms with Gasteiger partial charge in [0.1, 0.15) is 0 Å². The van der Waals surface area contributed by atoms with Crippen molar-refractivity contribution in [1.82, 2.24) is 14.8 Å². The van der Waals surface area contributed by atoms with Crippen LogP contribution in [0.25, 0.3) is 0 Å². The predicted molar refractivity (Wildman–Crippen MR) is 104 cm³/mol. The van der Waals surface area contributed by atoms with Gasteiger partial charge < -0.3 is 14.5 Å². The Morgan fingerprint density at radius 1 is 1.15 bits per heavy atom. The average molecular weight is 365 g/mol. The molecule has 5 heteroatoms. The number of rotatable bonds is 6. The van der Waals surface area contributed by atoms with Crippen molar-refractivity contribution in [3.63, 3.8) is 0 Å². The SMILES string of the molecule is CN1CC2(CC1COCc1ccccc1)CN(C(=O)Cc1cccnc1)C2. The van der Waals surface area contributed by atoms with E-state index >= 15 is 0 Å². The molecule has 27 heavy (non-hydrogen) atoms. The zero-order chi connectivity index (χ0) is 18.7. The molecule has 2 saturated heterocycles. The van der Waals surface area contributed by atoms with Gasteiger partial charge in [-0.05, 0) is 30.7 Å². The molecule has 0 saturated carbocycles. The molecule has 1 spiro atoms. The molecule has 0 N–H and O–H groups in total. The fourth-order valence-corrected chi connectivity index (χ4v) is 4.41. The maximum Gasteiger partial charge on any atom is 0.227 e. The van der Waals surface area contributed by atoms with Crippen molar-refractivity contribution in [3.8, 4) is 0 Å². The number of hydrogen-bond donors (Lipinski definition) is 0. The summed E-state index contributed by atoms with van der Waals surface area (Å²) in [5, 5.41) is 0. The quantitative estimate of drug-likeness (QED) is 0.788. The number of aromatic nitrogens is 1. The molecule has 1 amide bonds. The Bertz CT molecular complexity index is 760. The summed E-state index contributed by atoms with van der Waals surface area (Å²) in [6.45, 7) is 4.19. The van der Waals surface area contributed by atoms with Gasteiger partial charge in [-0.15, -0.1) is 0 Å². The number of benzene rings is 1. The van der Waals surface area contributed by atoms with E-state index in [9.17, 15) is 4.79 Å². The third-order valence-electron chi connectivity index (χ3n) is 5.78. The fourth-order valence-electron chi connectivity index (χ4n) is 4.41. The predicted octanol–water partition coefficient (Wildman–Crippen LogP) is 2.37. The molecule has 0 radical (unpaired) electrons. The van der Waals surface area contributed by atoms with Crippen LogP contribution in [0.15, 0.2) is 54.9 Å². The standard InChI is InChI=1S/C22H27N3O2/c1-24-15-22(11-20(24)14-27-13-18-6-3-2-4-7-18)16-25(17-22)21(26)10-19-8-5-9-23-12-19/h2-9,12,20H,10-11,13-17H2,1H3. The molecular weight excluding hydrogens is 338 g/mol. The van der Waals surface area contributed by atoms with Crippen molar-refractivity contribution in [2.45, 2.75) is 25.5 Å². The summed E-state index contributed by atoms with van der Waals surface area (Å²) in [5.74, 6) is 0.208. The first-order chi connectivity index (χ1) is 13.1. The van der Waals surface area contributed by atoms with Crippen LogP contribution in [0.5, 0.6) is 0 Å². The minimum atomic E-state index is 0.208. The smallest absolute Gasteiger partial charge is 0.227 e. The zero-order valence-electron chi connectivity index (χ0n) is 15.9. The van der Waals surface area contributed by atoms with E-state index in [1.54, 1.807) is 12.4 Å². The zero-order valence-corrected chi connectivity index (χ0v) is 15.9. The van der Waals surface area contributed by atoms with Gasteiger partial charge >= 0.3 is 0 Å². The third-order valence-corrected chi connectivity index (χ3v) is 5.78. The van der Waals surface area contributed by atoms with E-state index < -0.39 is 0 Å². The van der Waals surface area contributed by atoms with Gasteiger partial charge in [0.05, 0.1) is 19.6 Å². The molecule has 1 aromatic heterocycles. The summed E-state index contributed by atoms with van der Waals surface area (Å²) < 4.78 is 5.96. The summed E-state index contributed by atoms with van der Waals surface area (Å²) >= 11 is 0. The number of likely N-dealkylation sites (N-methyl/N-ethyl adjacent to an activating group) is 1. The molecule has 3 heterocycles. The lowest BCUT2D eigenvalue weighted by Gasteiger charge is -2.48. The van der Waals surface area contributed by atoms with E-state index in [4.69, 9.17) is 4.74 Å². The Labute approximate surface area is 161 Å². The highest BCUT2D eigenvalue weighted by atomic mass is 16.5. The van der Waals surface area contributed by atoms with Crippen molar-refractivity contribution in [2.75, 3.05) is 33.3 Å². The molecule has 0 bridgehead atoms. The maximum atomic E-state index is 12.5. The summed E-state index contributed by atoms with van der Waals surface area (Å²) in [4.78, 5) is 21.0. The Balaban J connectivity index is 1.23. The molecule has 1 unspecified atom stereocenters. The molecule has 0 aliphatic carbocycles. The van der Waals surface area contributed by atoms with Crippen LogP contribution < -0.4 is 0 Å². The number of ether oxygens (including phenoxy) is 1. The maximum absolute atomic E-state index is 12.5. The fraction of sp³-hybridized carbons (Fsp3) is 0.455. The van der Waals surface area contributed by atoms with Gasteiger partial charge in [0.2, 0.25) is 5.91 Å².